The number of benzene rings is 1. The van der Waals surface area contributed by atoms with Crippen LogP contribution in [0.2, 0.25) is 0 Å². The fourth-order valence-corrected chi connectivity index (χ4v) is 4.01. The number of nitrogens with zero attached hydrogens (tertiary/aromatic N) is 1. The molecule has 1 fully saturated rings. The third kappa shape index (κ3) is 4.36. The first kappa shape index (κ1) is 17.0. The molecule has 5 heteroatoms. The summed E-state index contributed by atoms with van der Waals surface area (Å²) in [5, 5.41) is 5.23. The Balaban J connectivity index is 1.56. The molecule has 1 aliphatic heterocycles. The van der Waals surface area contributed by atoms with Crippen LogP contribution < -0.4 is 10.1 Å². The van der Waals surface area contributed by atoms with Gasteiger partial charge in [0.25, 0.3) is 0 Å². The Bertz CT molecular complexity index is 634. The Kier molecular flexibility index (Phi) is 5.88. The summed E-state index contributed by atoms with van der Waals surface area (Å²) in [6.45, 7) is 2.92. The van der Waals surface area contributed by atoms with Crippen LogP contribution >= 0.6 is 11.3 Å². The predicted octanol–water partition coefficient (Wildman–Crippen LogP) is 3.25. The highest BCUT2D eigenvalue weighted by Gasteiger charge is 2.24. The lowest BCUT2D eigenvalue weighted by Gasteiger charge is -2.27. The molecule has 1 saturated heterocycles. The number of likely N-dealkylation sites (tertiary alicyclic amines) is 1. The molecule has 1 unspecified atom stereocenters. The van der Waals surface area contributed by atoms with Crippen LogP contribution in [0.3, 0.4) is 0 Å². The van der Waals surface area contributed by atoms with Gasteiger partial charge in [-0.1, -0.05) is 18.2 Å². The van der Waals surface area contributed by atoms with Crippen LogP contribution in [0.15, 0.2) is 41.8 Å². The van der Waals surface area contributed by atoms with Gasteiger partial charge in [0.1, 0.15) is 5.75 Å². The number of ether oxygens (including phenoxy) is 1. The molecular formula is C19H24N2O2S. The fourth-order valence-electron chi connectivity index (χ4n) is 3.15. The van der Waals surface area contributed by atoms with Gasteiger partial charge >= 0.3 is 0 Å². The number of carbonyl (C=O) groups is 1. The highest BCUT2D eigenvalue weighted by atomic mass is 32.1. The van der Waals surface area contributed by atoms with Gasteiger partial charge in [-0.3, -0.25) is 9.69 Å². The lowest BCUT2D eigenvalue weighted by molar-refractivity contribution is -0.120. The average Bonchev–Trinajstić information content (AvgIpc) is 3.30. The third-order valence-electron chi connectivity index (χ3n) is 4.47. The second kappa shape index (κ2) is 8.31. The number of amides is 1. The van der Waals surface area contributed by atoms with Crippen molar-refractivity contribution in [3.05, 3.63) is 52.2 Å². The van der Waals surface area contributed by atoms with E-state index in [9.17, 15) is 4.79 Å². The molecule has 0 saturated carbocycles. The summed E-state index contributed by atoms with van der Waals surface area (Å²) >= 11 is 1.77. The maximum Gasteiger partial charge on any atom is 0.224 e. The molecule has 0 radical (unpaired) electrons. The molecule has 0 aliphatic carbocycles. The van der Waals surface area contributed by atoms with Crippen LogP contribution in [-0.4, -0.2) is 37.6 Å². The summed E-state index contributed by atoms with van der Waals surface area (Å²) in [6.07, 6.45) is 2.91. The summed E-state index contributed by atoms with van der Waals surface area (Å²) in [6, 6.07) is 12.2. The molecule has 1 aliphatic rings. The van der Waals surface area contributed by atoms with Crippen molar-refractivity contribution in [2.24, 2.45) is 0 Å². The highest BCUT2D eigenvalue weighted by molar-refractivity contribution is 7.10. The molecule has 3 rings (SSSR count). The van der Waals surface area contributed by atoms with Gasteiger partial charge in [-0.15, -0.1) is 11.3 Å². The van der Waals surface area contributed by atoms with E-state index in [0.29, 0.717) is 19.0 Å². The van der Waals surface area contributed by atoms with Crippen molar-refractivity contribution in [2.45, 2.75) is 25.3 Å². The second-order valence-corrected chi connectivity index (χ2v) is 7.08. The van der Waals surface area contributed by atoms with Gasteiger partial charge < -0.3 is 10.1 Å². The molecule has 1 N–H and O–H groups in total. The topological polar surface area (TPSA) is 41.6 Å². The van der Waals surface area contributed by atoms with Gasteiger partial charge in [0.2, 0.25) is 5.91 Å². The molecule has 1 aromatic heterocycles. The molecule has 24 heavy (non-hydrogen) atoms. The van der Waals surface area contributed by atoms with Gasteiger partial charge in [-0.2, -0.15) is 0 Å². The van der Waals surface area contributed by atoms with Crippen molar-refractivity contribution in [3.8, 4) is 5.75 Å². The largest absolute Gasteiger partial charge is 0.497 e. The molecule has 1 atom stereocenters. The lowest BCUT2D eigenvalue weighted by atomic mass is 10.1. The van der Waals surface area contributed by atoms with Crippen molar-refractivity contribution in [1.29, 1.82) is 0 Å². The first-order chi connectivity index (χ1) is 11.8. The van der Waals surface area contributed by atoms with E-state index in [-0.39, 0.29) is 5.91 Å². The first-order valence-corrected chi connectivity index (χ1v) is 9.31. The zero-order valence-corrected chi connectivity index (χ0v) is 14.8. The third-order valence-corrected chi connectivity index (χ3v) is 5.44. The minimum atomic E-state index is 0.0703. The van der Waals surface area contributed by atoms with E-state index in [0.717, 1.165) is 24.4 Å². The van der Waals surface area contributed by atoms with Gasteiger partial charge in [0, 0.05) is 11.4 Å². The van der Waals surface area contributed by atoms with Gasteiger partial charge in [0.05, 0.1) is 19.6 Å². The fraction of sp³-hybridized carbons (Fsp3) is 0.421. The molecule has 1 amide bonds. The quantitative estimate of drug-likeness (QED) is 0.838. The standard InChI is InChI=1S/C19H24N2O2S/c1-23-16-8-6-15(7-9-16)13-19(22)20-14-17(18-5-4-12-24-18)21-10-2-3-11-21/h4-9,12,17H,2-3,10-11,13-14H2,1H3,(H,20,22). The van der Waals surface area contributed by atoms with Crippen LogP contribution in [0.25, 0.3) is 0 Å². The number of thiophene rings is 1. The summed E-state index contributed by atoms with van der Waals surface area (Å²) < 4.78 is 5.15. The van der Waals surface area contributed by atoms with Crippen molar-refractivity contribution in [3.63, 3.8) is 0 Å². The molecule has 0 bridgehead atoms. The van der Waals surface area contributed by atoms with E-state index in [1.165, 1.54) is 17.7 Å². The summed E-state index contributed by atoms with van der Waals surface area (Å²) in [7, 11) is 1.64. The van der Waals surface area contributed by atoms with Crippen LogP contribution in [0.1, 0.15) is 29.3 Å². The van der Waals surface area contributed by atoms with Crippen LogP contribution in [0.5, 0.6) is 5.75 Å². The van der Waals surface area contributed by atoms with Crippen molar-refractivity contribution < 1.29 is 9.53 Å². The second-order valence-electron chi connectivity index (χ2n) is 6.10. The molecule has 2 aromatic rings. The Labute approximate surface area is 147 Å². The van der Waals surface area contributed by atoms with E-state index >= 15 is 0 Å². The van der Waals surface area contributed by atoms with Gasteiger partial charge in [-0.25, -0.2) is 0 Å². The normalized spacial score (nSPS) is 16.0. The number of hydrogen-bond donors (Lipinski definition) is 1. The van der Waals surface area contributed by atoms with Gasteiger partial charge in [0.15, 0.2) is 0 Å². The molecule has 4 nitrogen and oxygen atoms in total. The van der Waals surface area contributed by atoms with Crippen molar-refractivity contribution in [1.82, 2.24) is 10.2 Å². The summed E-state index contributed by atoms with van der Waals surface area (Å²) in [4.78, 5) is 16.1. The van der Waals surface area contributed by atoms with Crippen LogP contribution in [-0.2, 0) is 11.2 Å². The minimum Gasteiger partial charge on any atom is -0.497 e. The lowest BCUT2D eigenvalue weighted by Crippen LogP contribution is -2.37. The Morgan fingerprint density at radius 1 is 1.25 bits per heavy atom. The Morgan fingerprint density at radius 3 is 2.62 bits per heavy atom. The highest BCUT2D eigenvalue weighted by Crippen LogP contribution is 2.27. The summed E-state index contributed by atoms with van der Waals surface area (Å²) in [5.41, 5.74) is 1.00. The van der Waals surface area contributed by atoms with E-state index in [2.05, 4.69) is 27.7 Å². The number of nitrogens with one attached hydrogen (secondary N) is 1. The molecule has 1 aromatic carbocycles. The number of hydrogen-bond acceptors (Lipinski definition) is 4. The van der Waals surface area contributed by atoms with E-state index < -0.39 is 0 Å². The van der Waals surface area contributed by atoms with E-state index in [1.54, 1.807) is 18.4 Å². The maximum absolute atomic E-state index is 12.3. The maximum atomic E-state index is 12.3. The van der Waals surface area contributed by atoms with Crippen molar-refractivity contribution >= 4 is 17.2 Å². The number of carbonyl (C=O) groups excluding carboxylic acids is 1. The predicted molar refractivity (Wildman–Crippen MR) is 97.6 cm³/mol. The monoisotopic (exact) mass is 344 g/mol. The zero-order chi connectivity index (χ0) is 16.8. The van der Waals surface area contributed by atoms with Crippen LogP contribution in [0.4, 0.5) is 0 Å². The zero-order valence-electron chi connectivity index (χ0n) is 14.0. The van der Waals surface area contributed by atoms with Gasteiger partial charge in [-0.05, 0) is 55.1 Å². The average molecular weight is 344 g/mol. The Hall–Kier alpha value is -1.85. The minimum absolute atomic E-state index is 0.0703. The molecule has 2 heterocycles. The van der Waals surface area contributed by atoms with E-state index in [1.807, 2.05) is 24.3 Å². The molecule has 128 valence electrons. The number of rotatable bonds is 7. The smallest absolute Gasteiger partial charge is 0.224 e. The number of methoxy groups -OCH3 is 1. The molecular weight excluding hydrogens is 320 g/mol. The van der Waals surface area contributed by atoms with E-state index in [4.69, 9.17) is 4.74 Å². The SMILES string of the molecule is COc1ccc(CC(=O)NCC(c2cccs2)N2CCCC2)cc1. The van der Waals surface area contributed by atoms with Crippen LogP contribution in [0, 0.1) is 0 Å². The molecule has 0 spiro atoms. The summed E-state index contributed by atoms with van der Waals surface area (Å²) in [5.74, 6) is 0.881. The van der Waals surface area contributed by atoms with Crippen molar-refractivity contribution in [2.75, 3.05) is 26.7 Å². The Morgan fingerprint density at radius 2 is 2.00 bits per heavy atom. The first-order valence-electron chi connectivity index (χ1n) is 8.43.